The van der Waals surface area contributed by atoms with Crippen LogP contribution in [0.15, 0.2) is 4.99 Å². The second kappa shape index (κ2) is 4.37. The zero-order valence-electron chi connectivity index (χ0n) is 11.8. The van der Waals surface area contributed by atoms with Gasteiger partial charge in [0.2, 0.25) is 0 Å². The Morgan fingerprint density at radius 3 is 2.63 bits per heavy atom. The van der Waals surface area contributed by atoms with Crippen LogP contribution in [-0.4, -0.2) is 37.8 Å². The van der Waals surface area contributed by atoms with Crippen molar-refractivity contribution < 1.29 is 4.74 Å². The van der Waals surface area contributed by atoms with Crippen molar-refractivity contribution in [3.8, 4) is 0 Å². The van der Waals surface area contributed by atoms with E-state index in [0.29, 0.717) is 23.6 Å². The van der Waals surface area contributed by atoms with Crippen LogP contribution in [0.2, 0.25) is 0 Å². The van der Waals surface area contributed by atoms with Crippen LogP contribution in [-0.2, 0) is 4.74 Å². The molecule has 4 fully saturated rings. The third-order valence-corrected chi connectivity index (χ3v) is 5.72. The molecule has 0 aromatic carbocycles. The summed E-state index contributed by atoms with van der Waals surface area (Å²) in [5, 5.41) is 7.26. The summed E-state index contributed by atoms with van der Waals surface area (Å²) in [6, 6.07) is 1.26. The van der Waals surface area contributed by atoms with Crippen LogP contribution >= 0.6 is 0 Å². The van der Waals surface area contributed by atoms with E-state index >= 15 is 0 Å². The number of hydrogen-bond acceptors (Lipinski definition) is 2. The van der Waals surface area contributed by atoms with Crippen LogP contribution in [0.1, 0.15) is 44.9 Å². The normalized spacial score (nSPS) is 40.1. The number of ether oxygens (including phenoxy) is 1. The Hall–Kier alpha value is -0.770. The third kappa shape index (κ3) is 1.79. The fourth-order valence-electron chi connectivity index (χ4n) is 4.64. The molecule has 1 saturated heterocycles. The fraction of sp³-hybridized carbons (Fsp3) is 0.933. The molecule has 106 valence electrons. The largest absolute Gasteiger partial charge is 0.377 e. The van der Waals surface area contributed by atoms with Gasteiger partial charge in [-0.15, -0.1) is 0 Å². The highest BCUT2D eigenvalue weighted by atomic mass is 16.5. The van der Waals surface area contributed by atoms with Crippen molar-refractivity contribution in [3.05, 3.63) is 0 Å². The summed E-state index contributed by atoms with van der Waals surface area (Å²) >= 11 is 0. The standard InChI is InChI=1S/C15H25N3O/c1-16-14(17-10-4-5-10)18-12-11-6-9-19-13(11)15(12)7-2-3-8-15/h10-13H,2-9H2,1H3,(H2,16,17,18). The van der Waals surface area contributed by atoms with Gasteiger partial charge in [0.1, 0.15) is 0 Å². The second-order valence-electron chi connectivity index (χ2n) is 6.80. The summed E-state index contributed by atoms with van der Waals surface area (Å²) in [7, 11) is 1.89. The minimum absolute atomic E-state index is 0.419. The van der Waals surface area contributed by atoms with E-state index < -0.39 is 0 Å². The Morgan fingerprint density at radius 2 is 1.95 bits per heavy atom. The third-order valence-electron chi connectivity index (χ3n) is 5.72. The van der Waals surface area contributed by atoms with Crippen molar-refractivity contribution in [1.29, 1.82) is 0 Å². The molecule has 4 aliphatic rings. The van der Waals surface area contributed by atoms with E-state index in [1.54, 1.807) is 0 Å². The van der Waals surface area contributed by atoms with Gasteiger partial charge in [0.05, 0.1) is 6.10 Å². The molecule has 1 heterocycles. The first kappa shape index (κ1) is 12.0. The molecule has 4 heteroatoms. The number of guanidine groups is 1. The first-order valence-corrected chi connectivity index (χ1v) is 7.95. The topological polar surface area (TPSA) is 45.7 Å². The fourth-order valence-corrected chi connectivity index (χ4v) is 4.64. The Kier molecular flexibility index (Phi) is 2.76. The van der Waals surface area contributed by atoms with Gasteiger partial charge >= 0.3 is 0 Å². The van der Waals surface area contributed by atoms with Crippen LogP contribution < -0.4 is 10.6 Å². The van der Waals surface area contributed by atoms with Gasteiger partial charge < -0.3 is 15.4 Å². The zero-order chi connectivity index (χ0) is 12.9. The van der Waals surface area contributed by atoms with Crippen molar-refractivity contribution in [3.63, 3.8) is 0 Å². The molecule has 3 saturated carbocycles. The minimum atomic E-state index is 0.419. The average molecular weight is 263 g/mol. The first-order chi connectivity index (χ1) is 9.33. The number of hydrogen-bond donors (Lipinski definition) is 2. The molecule has 0 aromatic rings. The molecule has 19 heavy (non-hydrogen) atoms. The van der Waals surface area contributed by atoms with E-state index in [9.17, 15) is 0 Å². The van der Waals surface area contributed by atoms with Gasteiger partial charge in [-0.1, -0.05) is 12.8 Å². The lowest BCUT2D eigenvalue weighted by Crippen LogP contribution is -2.69. The van der Waals surface area contributed by atoms with Gasteiger partial charge in [-0.25, -0.2) is 0 Å². The van der Waals surface area contributed by atoms with E-state index in [1.807, 2.05) is 7.05 Å². The lowest BCUT2D eigenvalue weighted by Gasteiger charge is -2.57. The zero-order valence-corrected chi connectivity index (χ0v) is 11.8. The van der Waals surface area contributed by atoms with Gasteiger partial charge in [-0.05, 0) is 32.1 Å². The SMILES string of the molecule is CN=C(NC1CC1)NC1C2CCOC2C12CCCC2. The van der Waals surface area contributed by atoms with Crippen molar-refractivity contribution in [2.75, 3.05) is 13.7 Å². The summed E-state index contributed by atoms with van der Waals surface area (Å²) in [5.41, 5.74) is 0.419. The Balaban J connectivity index is 1.49. The number of nitrogens with zero attached hydrogens (tertiary/aromatic N) is 1. The molecule has 0 bridgehead atoms. The molecule has 3 unspecified atom stereocenters. The molecular formula is C15H25N3O. The smallest absolute Gasteiger partial charge is 0.191 e. The van der Waals surface area contributed by atoms with E-state index in [1.165, 1.54) is 44.9 Å². The molecule has 2 N–H and O–H groups in total. The molecular weight excluding hydrogens is 238 g/mol. The minimum Gasteiger partial charge on any atom is -0.377 e. The van der Waals surface area contributed by atoms with E-state index in [-0.39, 0.29) is 0 Å². The molecule has 4 rings (SSSR count). The van der Waals surface area contributed by atoms with Gasteiger partial charge in [-0.3, -0.25) is 4.99 Å². The number of nitrogens with one attached hydrogen (secondary N) is 2. The lowest BCUT2D eigenvalue weighted by molar-refractivity contribution is -0.125. The monoisotopic (exact) mass is 263 g/mol. The Bertz CT molecular complexity index is 385. The van der Waals surface area contributed by atoms with E-state index in [4.69, 9.17) is 4.74 Å². The van der Waals surface area contributed by atoms with Crippen LogP contribution in [0.5, 0.6) is 0 Å². The summed E-state index contributed by atoms with van der Waals surface area (Å²) in [5.74, 6) is 1.74. The first-order valence-electron chi connectivity index (χ1n) is 7.95. The van der Waals surface area contributed by atoms with Crippen LogP contribution in [0, 0.1) is 11.3 Å². The van der Waals surface area contributed by atoms with Crippen molar-refractivity contribution in [2.45, 2.75) is 63.1 Å². The van der Waals surface area contributed by atoms with Crippen LogP contribution in [0.3, 0.4) is 0 Å². The number of rotatable bonds is 2. The van der Waals surface area contributed by atoms with Crippen LogP contribution in [0.4, 0.5) is 0 Å². The lowest BCUT2D eigenvalue weighted by atomic mass is 9.54. The molecule has 3 atom stereocenters. The van der Waals surface area contributed by atoms with Gasteiger partial charge in [0, 0.05) is 37.1 Å². The maximum Gasteiger partial charge on any atom is 0.191 e. The summed E-state index contributed by atoms with van der Waals surface area (Å²) in [4.78, 5) is 4.41. The van der Waals surface area contributed by atoms with E-state index in [2.05, 4.69) is 15.6 Å². The van der Waals surface area contributed by atoms with E-state index in [0.717, 1.165) is 18.5 Å². The molecule has 0 aromatic heterocycles. The summed E-state index contributed by atoms with van der Waals surface area (Å²) in [6.45, 7) is 0.962. The highest BCUT2D eigenvalue weighted by Gasteiger charge is 2.65. The van der Waals surface area contributed by atoms with Gasteiger partial charge in [0.25, 0.3) is 0 Å². The highest BCUT2D eigenvalue weighted by Crippen LogP contribution is 2.60. The summed E-state index contributed by atoms with van der Waals surface area (Å²) in [6.07, 6.45) is 9.78. The summed E-state index contributed by atoms with van der Waals surface area (Å²) < 4.78 is 6.03. The van der Waals surface area contributed by atoms with Gasteiger partial charge in [-0.2, -0.15) is 0 Å². The Morgan fingerprint density at radius 1 is 1.16 bits per heavy atom. The Labute approximate surface area is 115 Å². The quantitative estimate of drug-likeness (QED) is 0.588. The molecule has 1 spiro atoms. The molecule has 0 amide bonds. The maximum atomic E-state index is 6.03. The highest BCUT2D eigenvalue weighted by molar-refractivity contribution is 5.81. The molecule has 4 nitrogen and oxygen atoms in total. The molecule has 1 aliphatic heterocycles. The number of aliphatic imine (C=N–C) groups is 1. The second-order valence-corrected chi connectivity index (χ2v) is 6.80. The molecule has 3 aliphatic carbocycles. The maximum absolute atomic E-state index is 6.03. The number of fused-ring (bicyclic) bond motifs is 2. The van der Waals surface area contributed by atoms with Crippen LogP contribution in [0.25, 0.3) is 0 Å². The predicted octanol–water partition coefficient (Wildman–Crippen LogP) is 1.66. The van der Waals surface area contributed by atoms with Crippen molar-refractivity contribution in [2.24, 2.45) is 16.3 Å². The average Bonchev–Trinajstić information content (AvgIpc) is 2.95. The van der Waals surface area contributed by atoms with Crippen molar-refractivity contribution in [1.82, 2.24) is 10.6 Å². The predicted molar refractivity (Wildman–Crippen MR) is 75.2 cm³/mol. The molecule has 0 radical (unpaired) electrons. The van der Waals surface area contributed by atoms with Crippen molar-refractivity contribution >= 4 is 5.96 Å². The van der Waals surface area contributed by atoms with Gasteiger partial charge in [0.15, 0.2) is 5.96 Å².